The summed E-state index contributed by atoms with van der Waals surface area (Å²) in [6.45, 7) is 4.21. The summed E-state index contributed by atoms with van der Waals surface area (Å²) in [6, 6.07) is 0. The van der Waals surface area contributed by atoms with E-state index >= 15 is 0 Å². The number of hydrogen-bond acceptors (Lipinski definition) is 3. The number of methoxy groups -OCH3 is 1. The lowest BCUT2D eigenvalue weighted by Crippen LogP contribution is -2.22. The fraction of sp³-hybridized carbons (Fsp3) is 0.875. The van der Waals surface area contributed by atoms with Crippen LogP contribution in [-0.4, -0.2) is 23.1 Å². The standard InChI is InChI=1S/C8H14O2S/c1-6(2)11-8(4-5-8)7(9)10-3/h6H,4-5H2,1-3H3. The van der Waals surface area contributed by atoms with E-state index in [-0.39, 0.29) is 10.7 Å². The number of hydrogen-bond donors (Lipinski definition) is 0. The number of rotatable bonds is 3. The van der Waals surface area contributed by atoms with Gasteiger partial charge in [0.1, 0.15) is 4.75 Å². The van der Waals surface area contributed by atoms with E-state index in [9.17, 15) is 4.79 Å². The smallest absolute Gasteiger partial charge is 0.321 e. The molecule has 2 nitrogen and oxygen atoms in total. The molecular formula is C8H14O2S. The van der Waals surface area contributed by atoms with E-state index in [4.69, 9.17) is 4.74 Å². The van der Waals surface area contributed by atoms with Gasteiger partial charge < -0.3 is 4.74 Å². The molecule has 1 saturated carbocycles. The molecule has 0 spiro atoms. The molecule has 1 aliphatic rings. The van der Waals surface area contributed by atoms with Crippen LogP contribution in [0.15, 0.2) is 0 Å². The molecule has 0 unspecified atom stereocenters. The SMILES string of the molecule is COC(=O)C1(SC(C)C)CC1. The fourth-order valence-electron chi connectivity index (χ4n) is 1.12. The summed E-state index contributed by atoms with van der Waals surface area (Å²) in [4.78, 5) is 11.2. The molecule has 1 aliphatic carbocycles. The highest BCUT2D eigenvalue weighted by Gasteiger charge is 2.52. The number of carbonyl (C=O) groups excluding carboxylic acids is 1. The molecule has 0 bridgehead atoms. The number of thioether (sulfide) groups is 1. The van der Waals surface area contributed by atoms with Crippen LogP contribution < -0.4 is 0 Å². The first-order valence-corrected chi connectivity index (χ1v) is 4.75. The first kappa shape index (κ1) is 8.91. The third kappa shape index (κ3) is 1.89. The second-order valence-corrected chi connectivity index (χ2v) is 5.11. The van der Waals surface area contributed by atoms with Crippen molar-refractivity contribution in [2.75, 3.05) is 7.11 Å². The summed E-state index contributed by atoms with van der Waals surface area (Å²) in [5.41, 5.74) is 0. The van der Waals surface area contributed by atoms with Gasteiger partial charge in [0.05, 0.1) is 7.11 Å². The Kier molecular flexibility index (Phi) is 2.47. The molecule has 1 rings (SSSR count). The van der Waals surface area contributed by atoms with Gasteiger partial charge in [0.15, 0.2) is 0 Å². The first-order valence-electron chi connectivity index (χ1n) is 3.87. The monoisotopic (exact) mass is 174 g/mol. The van der Waals surface area contributed by atoms with Crippen LogP contribution in [0.2, 0.25) is 0 Å². The maximum absolute atomic E-state index is 11.2. The van der Waals surface area contributed by atoms with Crippen LogP contribution in [0.4, 0.5) is 0 Å². The molecule has 0 aliphatic heterocycles. The van der Waals surface area contributed by atoms with Gasteiger partial charge in [-0.1, -0.05) is 13.8 Å². The largest absolute Gasteiger partial charge is 0.468 e. The van der Waals surface area contributed by atoms with Crippen molar-refractivity contribution in [3.8, 4) is 0 Å². The van der Waals surface area contributed by atoms with Crippen LogP contribution in [0.1, 0.15) is 26.7 Å². The zero-order valence-corrected chi connectivity index (χ0v) is 8.03. The molecule has 0 aromatic heterocycles. The minimum Gasteiger partial charge on any atom is -0.468 e. The molecule has 0 N–H and O–H groups in total. The van der Waals surface area contributed by atoms with Gasteiger partial charge >= 0.3 is 5.97 Å². The van der Waals surface area contributed by atoms with Crippen LogP contribution in [0.25, 0.3) is 0 Å². The normalized spacial score (nSPS) is 20.0. The lowest BCUT2D eigenvalue weighted by atomic mass is 10.4. The average molecular weight is 174 g/mol. The molecular weight excluding hydrogens is 160 g/mol. The van der Waals surface area contributed by atoms with Gasteiger partial charge in [-0.05, 0) is 12.8 Å². The number of esters is 1. The third-order valence-corrected chi connectivity index (χ3v) is 3.22. The van der Waals surface area contributed by atoms with E-state index in [1.807, 2.05) is 0 Å². The van der Waals surface area contributed by atoms with Gasteiger partial charge in [0, 0.05) is 5.25 Å². The van der Waals surface area contributed by atoms with Crippen LogP contribution in [-0.2, 0) is 9.53 Å². The first-order chi connectivity index (χ1) is 5.10. The Morgan fingerprint density at radius 2 is 2.09 bits per heavy atom. The van der Waals surface area contributed by atoms with E-state index in [1.165, 1.54) is 7.11 Å². The van der Waals surface area contributed by atoms with E-state index in [2.05, 4.69) is 13.8 Å². The summed E-state index contributed by atoms with van der Waals surface area (Å²) >= 11 is 1.73. The van der Waals surface area contributed by atoms with Gasteiger partial charge in [-0.2, -0.15) is 0 Å². The fourth-order valence-corrected chi connectivity index (χ4v) is 2.54. The quantitative estimate of drug-likeness (QED) is 0.611. The van der Waals surface area contributed by atoms with Crippen molar-refractivity contribution in [3.63, 3.8) is 0 Å². The molecule has 3 heteroatoms. The Morgan fingerprint density at radius 1 is 1.55 bits per heavy atom. The molecule has 11 heavy (non-hydrogen) atoms. The molecule has 64 valence electrons. The highest BCUT2D eigenvalue weighted by molar-refractivity contribution is 8.02. The van der Waals surface area contributed by atoms with Crippen LogP contribution in [0.5, 0.6) is 0 Å². The Balaban J connectivity index is 2.47. The van der Waals surface area contributed by atoms with Crippen molar-refractivity contribution in [1.29, 1.82) is 0 Å². The summed E-state index contributed by atoms with van der Waals surface area (Å²) < 4.78 is 4.55. The van der Waals surface area contributed by atoms with Gasteiger partial charge in [-0.15, -0.1) is 11.8 Å². The second kappa shape index (κ2) is 3.05. The summed E-state index contributed by atoms with van der Waals surface area (Å²) in [7, 11) is 1.46. The predicted molar refractivity (Wildman–Crippen MR) is 46.7 cm³/mol. The van der Waals surface area contributed by atoms with Gasteiger partial charge in [0.25, 0.3) is 0 Å². The Morgan fingerprint density at radius 3 is 2.36 bits per heavy atom. The van der Waals surface area contributed by atoms with Crippen molar-refractivity contribution in [3.05, 3.63) is 0 Å². The lowest BCUT2D eigenvalue weighted by molar-refractivity contribution is -0.140. The van der Waals surface area contributed by atoms with E-state index in [0.717, 1.165) is 12.8 Å². The molecule has 1 fully saturated rings. The Hall–Kier alpha value is -0.180. The van der Waals surface area contributed by atoms with E-state index < -0.39 is 0 Å². The topological polar surface area (TPSA) is 26.3 Å². The molecule has 0 amide bonds. The van der Waals surface area contributed by atoms with E-state index in [1.54, 1.807) is 11.8 Å². The van der Waals surface area contributed by atoms with Crippen LogP contribution in [0, 0.1) is 0 Å². The zero-order valence-electron chi connectivity index (χ0n) is 7.22. The van der Waals surface area contributed by atoms with Gasteiger partial charge in [-0.25, -0.2) is 0 Å². The minimum absolute atomic E-state index is 0.0452. The highest BCUT2D eigenvalue weighted by atomic mass is 32.2. The molecule has 0 atom stereocenters. The molecule has 0 aromatic rings. The van der Waals surface area contributed by atoms with Gasteiger partial charge in [-0.3, -0.25) is 4.79 Å². The second-order valence-electron chi connectivity index (χ2n) is 3.15. The third-order valence-electron chi connectivity index (χ3n) is 1.72. The lowest BCUT2D eigenvalue weighted by Gasteiger charge is -2.13. The number of carbonyl (C=O) groups is 1. The predicted octanol–water partition coefficient (Wildman–Crippen LogP) is 1.83. The average Bonchev–Trinajstić information content (AvgIpc) is 2.67. The van der Waals surface area contributed by atoms with Crippen molar-refractivity contribution in [1.82, 2.24) is 0 Å². The number of ether oxygens (including phenoxy) is 1. The summed E-state index contributed by atoms with van der Waals surface area (Å²) in [5, 5.41) is 0.511. The molecule has 0 radical (unpaired) electrons. The van der Waals surface area contributed by atoms with Crippen LogP contribution >= 0.6 is 11.8 Å². The Bertz CT molecular complexity index is 161. The molecule has 0 aromatic carbocycles. The van der Waals surface area contributed by atoms with Crippen molar-refractivity contribution >= 4 is 17.7 Å². The maximum atomic E-state index is 11.2. The van der Waals surface area contributed by atoms with Crippen molar-refractivity contribution < 1.29 is 9.53 Å². The molecule has 0 heterocycles. The summed E-state index contributed by atoms with van der Waals surface area (Å²) in [5.74, 6) is -0.0452. The van der Waals surface area contributed by atoms with E-state index in [0.29, 0.717) is 5.25 Å². The Labute approximate surface area is 71.7 Å². The van der Waals surface area contributed by atoms with Gasteiger partial charge in [0.2, 0.25) is 0 Å². The van der Waals surface area contributed by atoms with Crippen molar-refractivity contribution in [2.45, 2.75) is 36.7 Å². The zero-order chi connectivity index (χ0) is 8.48. The molecule has 0 saturated heterocycles. The van der Waals surface area contributed by atoms with Crippen molar-refractivity contribution in [2.24, 2.45) is 0 Å². The summed E-state index contributed by atoms with van der Waals surface area (Å²) in [6.07, 6.45) is 1.98. The minimum atomic E-state index is -0.164. The maximum Gasteiger partial charge on any atom is 0.321 e. The highest BCUT2D eigenvalue weighted by Crippen LogP contribution is 2.50. The van der Waals surface area contributed by atoms with Crippen LogP contribution in [0.3, 0.4) is 0 Å².